The number of alkyl carbamates (subject to hydrolysis) is 1. The van der Waals surface area contributed by atoms with Crippen LogP contribution in [0, 0.1) is 5.92 Å². The van der Waals surface area contributed by atoms with Crippen LogP contribution in [0.3, 0.4) is 0 Å². The van der Waals surface area contributed by atoms with Crippen molar-refractivity contribution < 1.29 is 23.9 Å². The van der Waals surface area contributed by atoms with E-state index in [4.69, 9.17) is 15.2 Å². The second-order valence-electron chi connectivity index (χ2n) is 7.87. The Balaban J connectivity index is 2.03. The summed E-state index contributed by atoms with van der Waals surface area (Å²) in [6.45, 7) is 3.94. The molecule has 0 aliphatic heterocycles. The Labute approximate surface area is 188 Å². The van der Waals surface area contributed by atoms with Gasteiger partial charge in [-0.15, -0.1) is 0 Å². The molecule has 8 nitrogen and oxygen atoms in total. The molecule has 0 radical (unpaired) electrons. The van der Waals surface area contributed by atoms with Crippen LogP contribution in [0.15, 0.2) is 54.6 Å². The molecule has 0 aliphatic rings. The SMILES string of the molecule is COc1ccccc1C[C@@H](NC(=O)[C@H](CC(C)C)NC(=O)OCc1ccccc1)C(N)=O. The molecule has 0 bridgehead atoms. The first-order valence-electron chi connectivity index (χ1n) is 10.5. The van der Waals surface area contributed by atoms with Gasteiger partial charge < -0.3 is 25.8 Å². The monoisotopic (exact) mass is 441 g/mol. The van der Waals surface area contributed by atoms with Gasteiger partial charge in [0.1, 0.15) is 24.4 Å². The Morgan fingerprint density at radius 1 is 0.938 bits per heavy atom. The van der Waals surface area contributed by atoms with Gasteiger partial charge in [0, 0.05) is 6.42 Å². The predicted molar refractivity (Wildman–Crippen MR) is 121 cm³/mol. The molecule has 0 saturated carbocycles. The number of para-hydroxylation sites is 1. The molecule has 2 aromatic rings. The first-order valence-corrected chi connectivity index (χ1v) is 10.5. The zero-order valence-electron chi connectivity index (χ0n) is 18.7. The van der Waals surface area contributed by atoms with Crippen molar-refractivity contribution in [1.29, 1.82) is 0 Å². The second kappa shape index (κ2) is 12.3. The van der Waals surface area contributed by atoms with Gasteiger partial charge in [-0.05, 0) is 29.5 Å². The fourth-order valence-corrected chi connectivity index (χ4v) is 3.20. The molecule has 0 heterocycles. The lowest BCUT2D eigenvalue weighted by atomic mass is 10.0. The number of primary amides is 1. The number of hydrogen-bond acceptors (Lipinski definition) is 5. The maximum Gasteiger partial charge on any atom is 0.408 e. The maximum atomic E-state index is 12.9. The smallest absolute Gasteiger partial charge is 0.408 e. The predicted octanol–water partition coefficient (Wildman–Crippen LogP) is 2.55. The first-order chi connectivity index (χ1) is 15.3. The van der Waals surface area contributed by atoms with Gasteiger partial charge in [-0.1, -0.05) is 62.4 Å². The third-order valence-electron chi connectivity index (χ3n) is 4.80. The molecule has 32 heavy (non-hydrogen) atoms. The summed E-state index contributed by atoms with van der Waals surface area (Å²) in [4.78, 5) is 37.2. The lowest BCUT2D eigenvalue weighted by Gasteiger charge is -2.23. The van der Waals surface area contributed by atoms with E-state index >= 15 is 0 Å². The van der Waals surface area contributed by atoms with Crippen LogP contribution in [0.1, 0.15) is 31.4 Å². The number of carbonyl (C=O) groups excluding carboxylic acids is 3. The van der Waals surface area contributed by atoms with Gasteiger partial charge >= 0.3 is 6.09 Å². The maximum absolute atomic E-state index is 12.9. The first kappa shape index (κ1) is 24.7. The number of amides is 3. The molecular weight excluding hydrogens is 410 g/mol. The normalized spacial score (nSPS) is 12.5. The molecule has 0 aliphatic carbocycles. The van der Waals surface area contributed by atoms with Gasteiger partial charge in [-0.3, -0.25) is 9.59 Å². The van der Waals surface area contributed by atoms with Crippen LogP contribution in [-0.4, -0.2) is 37.1 Å². The summed E-state index contributed by atoms with van der Waals surface area (Å²) in [5.74, 6) is -0.482. The average Bonchev–Trinajstić information content (AvgIpc) is 2.77. The van der Waals surface area contributed by atoms with Crippen molar-refractivity contribution in [2.75, 3.05) is 7.11 Å². The Hall–Kier alpha value is -3.55. The summed E-state index contributed by atoms with van der Waals surface area (Å²) in [6, 6.07) is 14.6. The molecule has 0 aromatic heterocycles. The van der Waals surface area contributed by atoms with Crippen molar-refractivity contribution in [3.63, 3.8) is 0 Å². The van der Waals surface area contributed by atoms with Crippen LogP contribution in [0.2, 0.25) is 0 Å². The highest BCUT2D eigenvalue weighted by Crippen LogP contribution is 2.19. The second-order valence-corrected chi connectivity index (χ2v) is 7.87. The summed E-state index contributed by atoms with van der Waals surface area (Å²) in [6.07, 6.45) is -0.181. The van der Waals surface area contributed by atoms with Crippen LogP contribution in [0.25, 0.3) is 0 Å². The van der Waals surface area contributed by atoms with E-state index in [2.05, 4.69) is 10.6 Å². The van der Waals surface area contributed by atoms with Crippen molar-refractivity contribution >= 4 is 17.9 Å². The zero-order valence-corrected chi connectivity index (χ0v) is 18.7. The highest BCUT2D eigenvalue weighted by Gasteiger charge is 2.27. The van der Waals surface area contributed by atoms with Crippen LogP contribution in [0.5, 0.6) is 5.75 Å². The molecule has 0 fully saturated rings. The van der Waals surface area contributed by atoms with Crippen LogP contribution in [-0.2, 0) is 27.4 Å². The number of nitrogens with one attached hydrogen (secondary N) is 2. The van der Waals surface area contributed by atoms with E-state index in [-0.39, 0.29) is 18.9 Å². The molecule has 2 aromatic carbocycles. The van der Waals surface area contributed by atoms with E-state index in [0.29, 0.717) is 12.2 Å². The lowest BCUT2D eigenvalue weighted by Crippen LogP contribution is -2.54. The molecule has 4 N–H and O–H groups in total. The minimum atomic E-state index is -0.962. The van der Waals surface area contributed by atoms with Crippen molar-refractivity contribution in [3.05, 3.63) is 65.7 Å². The Morgan fingerprint density at radius 2 is 1.59 bits per heavy atom. The standard InChI is InChI=1S/C24H31N3O5/c1-16(2)13-20(27-24(30)32-15-17-9-5-4-6-10-17)23(29)26-19(22(25)28)14-18-11-7-8-12-21(18)31-3/h4-12,16,19-20H,13-15H2,1-3H3,(H2,25,28)(H,26,29)(H,27,30)/t19-,20+/m1/s1. The number of benzene rings is 2. The summed E-state index contributed by atoms with van der Waals surface area (Å²) in [5, 5.41) is 5.26. The zero-order chi connectivity index (χ0) is 23.5. The minimum absolute atomic E-state index is 0.0837. The van der Waals surface area contributed by atoms with Gasteiger partial charge in [0.15, 0.2) is 0 Å². The van der Waals surface area contributed by atoms with E-state index < -0.39 is 30.0 Å². The van der Waals surface area contributed by atoms with Gasteiger partial charge in [0.25, 0.3) is 0 Å². The summed E-state index contributed by atoms with van der Waals surface area (Å²) >= 11 is 0. The topological polar surface area (TPSA) is 120 Å². The van der Waals surface area contributed by atoms with Crippen molar-refractivity contribution in [1.82, 2.24) is 10.6 Å². The number of methoxy groups -OCH3 is 1. The molecular formula is C24H31N3O5. The molecule has 172 valence electrons. The van der Waals surface area contributed by atoms with Crippen molar-refractivity contribution in [2.24, 2.45) is 11.7 Å². The van der Waals surface area contributed by atoms with Crippen LogP contribution < -0.4 is 21.1 Å². The number of carbonyl (C=O) groups is 3. The van der Waals surface area contributed by atoms with E-state index in [1.807, 2.05) is 56.3 Å². The van der Waals surface area contributed by atoms with Gasteiger partial charge in [0.05, 0.1) is 7.11 Å². The molecule has 3 amide bonds. The van der Waals surface area contributed by atoms with E-state index in [0.717, 1.165) is 11.1 Å². The van der Waals surface area contributed by atoms with E-state index in [1.165, 1.54) is 7.11 Å². The molecule has 2 rings (SSSR count). The van der Waals surface area contributed by atoms with E-state index in [1.54, 1.807) is 12.1 Å². The number of nitrogens with two attached hydrogens (primary N) is 1. The fourth-order valence-electron chi connectivity index (χ4n) is 3.20. The Morgan fingerprint density at radius 3 is 2.22 bits per heavy atom. The van der Waals surface area contributed by atoms with E-state index in [9.17, 15) is 14.4 Å². The lowest BCUT2D eigenvalue weighted by molar-refractivity contribution is -0.128. The highest BCUT2D eigenvalue weighted by atomic mass is 16.5. The molecule has 8 heteroatoms. The highest BCUT2D eigenvalue weighted by molar-refractivity contribution is 5.90. The number of ether oxygens (including phenoxy) is 2. The largest absolute Gasteiger partial charge is 0.496 e. The molecule has 2 atom stereocenters. The minimum Gasteiger partial charge on any atom is -0.496 e. The number of hydrogen-bond donors (Lipinski definition) is 3. The van der Waals surface area contributed by atoms with Gasteiger partial charge in [0.2, 0.25) is 11.8 Å². The fraction of sp³-hybridized carbons (Fsp3) is 0.375. The molecule has 0 unspecified atom stereocenters. The Bertz CT molecular complexity index is 902. The van der Waals surface area contributed by atoms with Crippen molar-refractivity contribution in [3.8, 4) is 5.75 Å². The average molecular weight is 442 g/mol. The van der Waals surface area contributed by atoms with Crippen LogP contribution >= 0.6 is 0 Å². The summed E-state index contributed by atoms with van der Waals surface area (Å²) < 4.78 is 10.5. The number of rotatable bonds is 11. The molecule has 0 spiro atoms. The summed E-state index contributed by atoms with van der Waals surface area (Å²) in [5.41, 5.74) is 7.10. The third-order valence-corrected chi connectivity index (χ3v) is 4.80. The quantitative estimate of drug-likeness (QED) is 0.495. The van der Waals surface area contributed by atoms with Gasteiger partial charge in [-0.2, -0.15) is 0 Å². The van der Waals surface area contributed by atoms with Crippen LogP contribution in [0.4, 0.5) is 4.79 Å². The summed E-state index contributed by atoms with van der Waals surface area (Å²) in [7, 11) is 1.53. The van der Waals surface area contributed by atoms with Crippen molar-refractivity contribution in [2.45, 2.75) is 45.4 Å². The Kier molecular flexibility index (Phi) is 9.53. The third kappa shape index (κ3) is 7.94. The molecule has 0 saturated heterocycles. The van der Waals surface area contributed by atoms with Gasteiger partial charge in [-0.25, -0.2) is 4.79 Å².